The van der Waals surface area contributed by atoms with Gasteiger partial charge < -0.3 is 4.74 Å². The molecule has 1 N–H and O–H groups in total. The Labute approximate surface area is 172 Å². The number of thiazole rings is 1. The molecule has 2 aromatic carbocycles. The molecule has 146 valence electrons. The molecule has 0 unspecified atom stereocenters. The maximum Gasteiger partial charge on any atom is 0.307 e. The van der Waals surface area contributed by atoms with Crippen LogP contribution in [0.3, 0.4) is 0 Å². The number of nitrogens with zero attached hydrogens (tertiary/aromatic N) is 1. The number of nitrogens with one attached hydrogen (secondary N) is 1. The van der Waals surface area contributed by atoms with E-state index in [1.165, 1.54) is 35.6 Å². The molecule has 0 fully saturated rings. The summed E-state index contributed by atoms with van der Waals surface area (Å²) < 4.78 is 31.8. The van der Waals surface area contributed by atoms with Crippen molar-refractivity contribution in [2.24, 2.45) is 0 Å². The average Bonchev–Trinajstić information content (AvgIpc) is 3.16. The van der Waals surface area contributed by atoms with Crippen molar-refractivity contribution in [1.82, 2.24) is 9.71 Å². The molecule has 0 amide bonds. The molecule has 3 aromatic rings. The Morgan fingerprint density at radius 2 is 1.82 bits per heavy atom. The topological polar surface area (TPSA) is 85.4 Å². The number of rotatable bonds is 8. The van der Waals surface area contributed by atoms with Gasteiger partial charge in [-0.1, -0.05) is 41.9 Å². The van der Waals surface area contributed by atoms with Crippen molar-refractivity contribution >= 4 is 38.9 Å². The number of esters is 1. The van der Waals surface area contributed by atoms with E-state index >= 15 is 0 Å². The van der Waals surface area contributed by atoms with Crippen LogP contribution in [0.2, 0.25) is 5.02 Å². The number of hydrogen-bond donors (Lipinski definition) is 1. The highest BCUT2D eigenvalue weighted by atomic mass is 35.5. The Balaban J connectivity index is 1.45. The third-order valence-electron chi connectivity index (χ3n) is 3.70. The van der Waals surface area contributed by atoms with Crippen LogP contribution in [0.25, 0.3) is 10.6 Å². The van der Waals surface area contributed by atoms with Gasteiger partial charge >= 0.3 is 5.97 Å². The van der Waals surface area contributed by atoms with Gasteiger partial charge in [0.05, 0.1) is 17.0 Å². The number of carbonyl (C=O) groups excluding carboxylic acids is 1. The minimum atomic E-state index is -3.69. The van der Waals surface area contributed by atoms with Gasteiger partial charge in [-0.2, -0.15) is 0 Å². The smallest absolute Gasteiger partial charge is 0.307 e. The fraction of sp³-hybridized carbons (Fsp3) is 0.158. The highest BCUT2D eigenvalue weighted by molar-refractivity contribution is 7.89. The van der Waals surface area contributed by atoms with Gasteiger partial charge in [-0.05, 0) is 24.3 Å². The fourth-order valence-electron chi connectivity index (χ4n) is 2.30. The standard InChI is InChI=1S/C19H17ClN2O4S2/c20-15-6-8-17(9-7-15)28(24,25)21-11-10-18(23)26-12-16-13-27-19(22-16)14-4-2-1-3-5-14/h1-9,13,21H,10-12H2. The molecular formula is C19H17ClN2O4S2. The van der Waals surface area contributed by atoms with Crippen LogP contribution in [0.1, 0.15) is 12.1 Å². The molecule has 0 spiro atoms. The lowest BCUT2D eigenvalue weighted by Crippen LogP contribution is -2.26. The normalized spacial score (nSPS) is 11.3. The monoisotopic (exact) mass is 436 g/mol. The number of halogens is 1. The van der Waals surface area contributed by atoms with Crippen LogP contribution in [0, 0.1) is 0 Å². The van der Waals surface area contributed by atoms with E-state index in [2.05, 4.69) is 9.71 Å². The van der Waals surface area contributed by atoms with Gasteiger partial charge in [-0.3, -0.25) is 4.79 Å². The third kappa shape index (κ3) is 5.62. The molecule has 9 heteroatoms. The van der Waals surface area contributed by atoms with Gasteiger partial charge in [-0.25, -0.2) is 18.1 Å². The Kier molecular flexibility index (Phi) is 6.79. The zero-order valence-corrected chi connectivity index (χ0v) is 17.1. The second-order valence-corrected chi connectivity index (χ2v) is 8.83. The van der Waals surface area contributed by atoms with Crippen molar-refractivity contribution in [2.45, 2.75) is 17.9 Å². The summed E-state index contributed by atoms with van der Waals surface area (Å²) >= 11 is 7.22. The minimum Gasteiger partial charge on any atom is -0.459 e. The van der Waals surface area contributed by atoms with E-state index in [9.17, 15) is 13.2 Å². The predicted octanol–water partition coefficient (Wildman–Crippen LogP) is 3.88. The highest BCUT2D eigenvalue weighted by Crippen LogP contribution is 2.23. The van der Waals surface area contributed by atoms with Crippen LogP contribution < -0.4 is 4.72 Å². The van der Waals surface area contributed by atoms with Crippen molar-refractivity contribution in [3.05, 3.63) is 70.7 Å². The number of benzene rings is 2. The number of carbonyl (C=O) groups is 1. The molecular weight excluding hydrogens is 420 g/mol. The number of hydrogen-bond acceptors (Lipinski definition) is 6. The Morgan fingerprint density at radius 3 is 2.54 bits per heavy atom. The van der Waals surface area contributed by atoms with E-state index in [1.54, 1.807) is 0 Å². The van der Waals surface area contributed by atoms with Crippen LogP contribution in [0.5, 0.6) is 0 Å². The van der Waals surface area contributed by atoms with E-state index in [0.29, 0.717) is 10.7 Å². The largest absolute Gasteiger partial charge is 0.459 e. The summed E-state index contributed by atoms with van der Waals surface area (Å²) in [5.74, 6) is -0.506. The Hall–Kier alpha value is -2.26. The van der Waals surface area contributed by atoms with Gasteiger partial charge in [0, 0.05) is 22.5 Å². The number of ether oxygens (including phenoxy) is 1. The van der Waals surface area contributed by atoms with Crippen LogP contribution >= 0.6 is 22.9 Å². The van der Waals surface area contributed by atoms with E-state index in [1.807, 2.05) is 35.7 Å². The fourth-order valence-corrected chi connectivity index (χ4v) is 4.27. The number of sulfonamides is 1. The number of aromatic nitrogens is 1. The summed E-state index contributed by atoms with van der Waals surface area (Å²) in [5, 5.41) is 3.13. The van der Waals surface area contributed by atoms with Crippen molar-refractivity contribution in [2.75, 3.05) is 6.54 Å². The molecule has 0 aliphatic rings. The van der Waals surface area contributed by atoms with Crippen LogP contribution in [0.4, 0.5) is 0 Å². The summed E-state index contributed by atoms with van der Waals surface area (Å²) in [6.45, 7) is -0.0117. The van der Waals surface area contributed by atoms with Gasteiger partial charge in [0.2, 0.25) is 10.0 Å². The Morgan fingerprint density at radius 1 is 1.11 bits per heavy atom. The molecule has 6 nitrogen and oxygen atoms in total. The summed E-state index contributed by atoms with van der Waals surface area (Å²) in [4.78, 5) is 16.4. The lowest BCUT2D eigenvalue weighted by molar-refractivity contribution is -0.144. The van der Waals surface area contributed by atoms with Crippen molar-refractivity contribution in [1.29, 1.82) is 0 Å². The molecule has 1 aromatic heterocycles. The highest BCUT2D eigenvalue weighted by Gasteiger charge is 2.14. The zero-order valence-electron chi connectivity index (χ0n) is 14.7. The molecule has 0 bridgehead atoms. The van der Waals surface area contributed by atoms with E-state index in [-0.39, 0.29) is 24.5 Å². The van der Waals surface area contributed by atoms with Crippen LogP contribution in [0.15, 0.2) is 64.9 Å². The lowest BCUT2D eigenvalue weighted by Gasteiger charge is -2.07. The first kappa shape index (κ1) is 20.5. The molecule has 28 heavy (non-hydrogen) atoms. The lowest BCUT2D eigenvalue weighted by atomic mass is 10.2. The second kappa shape index (κ2) is 9.29. The summed E-state index contributed by atoms with van der Waals surface area (Å²) in [6, 6.07) is 15.5. The zero-order chi connectivity index (χ0) is 20.0. The summed E-state index contributed by atoms with van der Waals surface area (Å²) in [7, 11) is -3.69. The van der Waals surface area contributed by atoms with Crippen LogP contribution in [-0.2, 0) is 26.2 Å². The molecule has 3 rings (SSSR count). The molecule has 0 saturated carbocycles. The molecule has 0 aliphatic carbocycles. The van der Waals surface area contributed by atoms with Gasteiger partial charge in [0.1, 0.15) is 11.6 Å². The Bertz CT molecular complexity index is 1040. The maximum atomic E-state index is 12.1. The minimum absolute atomic E-state index is 0.0477. The molecule has 1 heterocycles. The summed E-state index contributed by atoms with van der Waals surface area (Å²) in [6.07, 6.45) is -0.0809. The predicted molar refractivity (Wildman–Crippen MR) is 109 cm³/mol. The first-order valence-corrected chi connectivity index (χ1v) is 11.1. The first-order valence-electron chi connectivity index (χ1n) is 8.35. The molecule has 0 radical (unpaired) electrons. The van der Waals surface area contributed by atoms with E-state index in [0.717, 1.165) is 10.6 Å². The first-order chi connectivity index (χ1) is 13.4. The van der Waals surface area contributed by atoms with E-state index < -0.39 is 16.0 Å². The molecule has 0 atom stereocenters. The molecule has 0 saturated heterocycles. The van der Waals surface area contributed by atoms with Crippen molar-refractivity contribution in [3.63, 3.8) is 0 Å². The van der Waals surface area contributed by atoms with Crippen molar-refractivity contribution in [3.8, 4) is 10.6 Å². The van der Waals surface area contributed by atoms with Gasteiger partial charge in [0.15, 0.2) is 0 Å². The maximum absolute atomic E-state index is 12.1. The second-order valence-electron chi connectivity index (χ2n) is 5.77. The van der Waals surface area contributed by atoms with Gasteiger partial charge in [-0.15, -0.1) is 11.3 Å². The average molecular weight is 437 g/mol. The third-order valence-corrected chi connectivity index (χ3v) is 6.37. The van der Waals surface area contributed by atoms with Crippen molar-refractivity contribution < 1.29 is 17.9 Å². The van der Waals surface area contributed by atoms with E-state index in [4.69, 9.17) is 16.3 Å². The van der Waals surface area contributed by atoms with Crippen LogP contribution in [-0.4, -0.2) is 25.9 Å². The quantitative estimate of drug-likeness (QED) is 0.541. The van der Waals surface area contributed by atoms with Gasteiger partial charge in [0.25, 0.3) is 0 Å². The molecule has 0 aliphatic heterocycles. The summed E-state index contributed by atoms with van der Waals surface area (Å²) in [5.41, 5.74) is 1.65. The SMILES string of the molecule is O=C(CCNS(=O)(=O)c1ccc(Cl)cc1)OCc1csc(-c2ccccc2)n1.